The Morgan fingerprint density at radius 1 is 1.30 bits per heavy atom. The van der Waals surface area contributed by atoms with E-state index in [1.54, 1.807) is 0 Å². The summed E-state index contributed by atoms with van der Waals surface area (Å²) in [4.78, 5) is 14.7. The van der Waals surface area contributed by atoms with E-state index >= 15 is 0 Å². The van der Waals surface area contributed by atoms with Crippen LogP contribution >= 0.6 is 11.8 Å². The summed E-state index contributed by atoms with van der Waals surface area (Å²) in [5.74, 6) is 1.48. The summed E-state index contributed by atoms with van der Waals surface area (Å²) in [6.45, 7) is 2.98. The predicted molar refractivity (Wildman–Crippen MR) is 83.6 cm³/mol. The first-order chi connectivity index (χ1) is 9.75. The van der Waals surface area contributed by atoms with Gasteiger partial charge in [-0.05, 0) is 31.1 Å². The van der Waals surface area contributed by atoms with Gasteiger partial charge in [-0.1, -0.05) is 36.8 Å². The van der Waals surface area contributed by atoms with Gasteiger partial charge in [-0.2, -0.15) is 11.8 Å². The average molecular weight is 290 g/mol. The monoisotopic (exact) mass is 290 g/mol. The highest BCUT2D eigenvalue weighted by atomic mass is 32.2. The molecule has 1 aromatic rings. The van der Waals surface area contributed by atoms with Crippen molar-refractivity contribution in [3.05, 3.63) is 35.9 Å². The molecule has 20 heavy (non-hydrogen) atoms. The highest BCUT2D eigenvalue weighted by Crippen LogP contribution is 2.29. The van der Waals surface area contributed by atoms with Gasteiger partial charge in [0.1, 0.15) is 6.04 Å². The number of benzene rings is 1. The lowest BCUT2D eigenvalue weighted by atomic mass is 10.1. The predicted octanol–water partition coefficient (Wildman–Crippen LogP) is 2.79. The molecule has 1 N–H and O–H groups in total. The quantitative estimate of drug-likeness (QED) is 0.929. The zero-order chi connectivity index (χ0) is 13.9. The fourth-order valence-corrected chi connectivity index (χ4v) is 4.37. The second-order valence-corrected chi connectivity index (χ2v) is 7.07. The summed E-state index contributed by atoms with van der Waals surface area (Å²) in [5.41, 5.74) is 1.07. The molecular formula is C16H22N2OS. The van der Waals surface area contributed by atoms with E-state index in [1.165, 1.54) is 25.0 Å². The van der Waals surface area contributed by atoms with E-state index in [0.717, 1.165) is 12.1 Å². The van der Waals surface area contributed by atoms with Gasteiger partial charge in [-0.25, -0.2) is 0 Å². The van der Waals surface area contributed by atoms with E-state index in [4.69, 9.17) is 0 Å². The van der Waals surface area contributed by atoms with Crippen molar-refractivity contribution in [1.29, 1.82) is 0 Å². The first kappa shape index (κ1) is 14.0. The number of thioether (sulfide) groups is 1. The summed E-state index contributed by atoms with van der Waals surface area (Å²) in [5, 5.41) is 4.04. The Hall–Kier alpha value is -1.00. The van der Waals surface area contributed by atoms with Crippen molar-refractivity contribution >= 4 is 17.7 Å². The fraction of sp³-hybridized carbons (Fsp3) is 0.562. The number of hydrogen-bond donors (Lipinski definition) is 1. The lowest BCUT2D eigenvalue weighted by Crippen LogP contribution is -2.39. The van der Waals surface area contributed by atoms with Crippen LogP contribution < -0.4 is 5.32 Å². The van der Waals surface area contributed by atoms with E-state index in [-0.39, 0.29) is 18.1 Å². The number of nitrogens with zero attached hydrogens (tertiary/aromatic N) is 1. The molecule has 0 spiro atoms. The molecule has 2 fully saturated rings. The maximum atomic E-state index is 12.6. The molecule has 2 saturated heterocycles. The summed E-state index contributed by atoms with van der Waals surface area (Å²) in [6, 6.07) is 9.87. The van der Waals surface area contributed by atoms with Gasteiger partial charge < -0.3 is 4.90 Å². The average Bonchev–Trinajstić information content (AvgIpc) is 2.77. The fourth-order valence-electron chi connectivity index (χ4n) is 3.06. The van der Waals surface area contributed by atoms with Crippen molar-refractivity contribution < 1.29 is 4.79 Å². The third-order valence-electron chi connectivity index (χ3n) is 4.21. The van der Waals surface area contributed by atoms with Crippen LogP contribution in [0.15, 0.2) is 30.3 Å². The summed E-state index contributed by atoms with van der Waals surface area (Å²) in [7, 11) is 0. The molecule has 3 rings (SSSR count). The van der Waals surface area contributed by atoms with E-state index < -0.39 is 0 Å². The molecule has 3 atom stereocenters. The molecule has 0 bridgehead atoms. The summed E-state index contributed by atoms with van der Waals surface area (Å²) >= 11 is 2.03. The SMILES string of the molecule is CC1NC(c2ccccc2)C(=O)N1CC1CCCCS1. The second-order valence-electron chi connectivity index (χ2n) is 5.67. The van der Waals surface area contributed by atoms with Crippen LogP contribution in [0, 0.1) is 0 Å². The molecule has 0 radical (unpaired) electrons. The van der Waals surface area contributed by atoms with E-state index in [2.05, 4.69) is 12.2 Å². The topological polar surface area (TPSA) is 32.3 Å². The number of amides is 1. The number of hydrogen-bond acceptors (Lipinski definition) is 3. The largest absolute Gasteiger partial charge is 0.325 e. The molecule has 3 unspecified atom stereocenters. The zero-order valence-corrected chi connectivity index (χ0v) is 12.7. The lowest BCUT2D eigenvalue weighted by Gasteiger charge is -2.28. The van der Waals surface area contributed by atoms with Crippen LogP contribution in [0.5, 0.6) is 0 Å². The molecule has 1 aromatic carbocycles. The summed E-state index contributed by atoms with van der Waals surface area (Å²) in [6.07, 6.45) is 4.02. The standard InChI is InChI=1S/C16H22N2OS/c1-12-17-15(13-7-3-2-4-8-13)16(19)18(12)11-14-9-5-6-10-20-14/h2-4,7-8,12,14-15,17H,5-6,9-11H2,1H3. The maximum Gasteiger partial charge on any atom is 0.245 e. The minimum absolute atomic E-state index is 0.134. The van der Waals surface area contributed by atoms with Crippen molar-refractivity contribution in [2.45, 2.75) is 43.6 Å². The van der Waals surface area contributed by atoms with E-state index in [0.29, 0.717) is 5.25 Å². The van der Waals surface area contributed by atoms with E-state index in [9.17, 15) is 4.79 Å². The molecule has 2 heterocycles. The molecule has 0 saturated carbocycles. The van der Waals surface area contributed by atoms with Gasteiger partial charge in [-0.15, -0.1) is 0 Å². The molecule has 2 aliphatic rings. The first-order valence-corrected chi connectivity index (χ1v) is 8.53. The molecule has 3 nitrogen and oxygen atoms in total. The summed E-state index contributed by atoms with van der Waals surface area (Å²) < 4.78 is 0. The van der Waals surface area contributed by atoms with Crippen LogP contribution in [0.3, 0.4) is 0 Å². The van der Waals surface area contributed by atoms with Crippen LogP contribution in [-0.2, 0) is 4.79 Å². The molecule has 4 heteroatoms. The van der Waals surface area contributed by atoms with Crippen molar-refractivity contribution in [3.63, 3.8) is 0 Å². The van der Waals surface area contributed by atoms with Gasteiger partial charge in [0, 0.05) is 11.8 Å². The van der Waals surface area contributed by atoms with Gasteiger partial charge in [0.15, 0.2) is 0 Å². The minimum Gasteiger partial charge on any atom is -0.325 e. The maximum absolute atomic E-state index is 12.6. The molecule has 0 aliphatic carbocycles. The third kappa shape index (κ3) is 2.86. The van der Waals surface area contributed by atoms with E-state index in [1.807, 2.05) is 47.0 Å². The normalized spacial score (nSPS) is 30.8. The molecule has 0 aromatic heterocycles. The van der Waals surface area contributed by atoms with Crippen molar-refractivity contribution in [3.8, 4) is 0 Å². The van der Waals surface area contributed by atoms with Gasteiger partial charge in [0.25, 0.3) is 0 Å². The Labute approximate surface area is 125 Å². The molecular weight excluding hydrogens is 268 g/mol. The Balaban J connectivity index is 1.68. The first-order valence-electron chi connectivity index (χ1n) is 7.49. The van der Waals surface area contributed by atoms with Gasteiger partial charge in [-0.3, -0.25) is 10.1 Å². The number of rotatable bonds is 3. The number of carbonyl (C=O) groups excluding carboxylic acids is 1. The zero-order valence-electron chi connectivity index (χ0n) is 11.9. The Bertz CT molecular complexity index is 459. The lowest BCUT2D eigenvalue weighted by molar-refractivity contribution is -0.130. The van der Waals surface area contributed by atoms with Crippen LogP contribution in [0.25, 0.3) is 0 Å². The van der Waals surface area contributed by atoms with Crippen LogP contribution in [-0.4, -0.2) is 34.5 Å². The van der Waals surface area contributed by atoms with Crippen LogP contribution in [0.2, 0.25) is 0 Å². The molecule has 1 amide bonds. The second kappa shape index (κ2) is 6.19. The smallest absolute Gasteiger partial charge is 0.245 e. The third-order valence-corrected chi connectivity index (χ3v) is 5.59. The van der Waals surface area contributed by atoms with Gasteiger partial charge in [0.05, 0.1) is 6.17 Å². The number of nitrogens with one attached hydrogen (secondary N) is 1. The van der Waals surface area contributed by atoms with Crippen molar-refractivity contribution in [2.24, 2.45) is 0 Å². The number of carbonyl (C=O) groups is 1. The molecule has 108 valence electrons. The Morgan fingerprint density at radius 2 is 2.10 bits per heavy atom. The van der Waals surface area contributed by atoms with Crippen molar-refractivity contribution in [2.75, 3.05) is 12.3 Å². The van der Waals surface area contributed by atoms with Crippen LogP contribution in [0.4, 0.5) is 0 Å². The Kier molecular flexibility index (Phi) is 4.32. The molecule has 2 aliphatic heterocycles. The van der Waals surface area contributed by atoms with Gasteiger partial charge >= 0.3 is 0 Å². The van der Waals surface area contributed by atoms with Crippen molar-refractivity contribution in [1.82, 2.24) is 10.2 Å². The minimum atomic E-state index is -0.167. The van der Waals surface area contributed by atoms with Gasteiger partial charge in [0.2, 0.25) is 5.91 Å². The highest BCUT2D eigenvalue weighted by molar-refractivity contribution is 7.99. The highest BCUT2D eigenvalue weighted by Gasteiger charge is 2.38. The van der Waals surface area contributed by atoms with Crippen LogP contribution in [0.1, 0.15) is 37.8 Å². The Morgan fingerprint density at radius 3 is 2.80 bits per heavy atom.